The van der Waals surface area contributed by atoms with Crippen LogP contribution >= 0.6 is 0 Å². The zero-order valence-corrected chi connectivity index (χ0v) is 17.8. The third kappa shape index (κ3) is 3.82. The van der Waals surface area contributed by atoms with Crippen molar-refractivity contribution in [2.24, 2.45) is 5.92 Å². The van der Waals surface area contributed by atoms with Crippen LogP contribution < -0.4 is 0 Å². The molecule has 1 aromatic carbocycles. The number of nitrogens with zero attached hydrogens (tertiary/aromatic N) is 1. The Morgan fingerprint density at radius 2 is 1.74 bits per heavy atom. The summed E-state index contributed by atoms with van der Waals surface area (Å²) in [7, 11) is 0. The molecule has 2 heterocycles. The number of piperidine rings is 1. The van der Waals surface area contributed by atoms with Gasteiger partial charge in [0.05, 0.1) is 25.4 Å². The largest absolute Gasteiger partial charge is 0.349 e. The second kappa shape index (κ2) is 8.20. The number of hydroxylamine groups is 2. The predicted molar refractivity (Wildman–Crippen MR) is 108 cm³/mol. The molecule has 152 valence electrons. The average molecular weight is 376 g/mol. The molecule has 0 N–H and O–H groups in total. The summed E-state index contributed by atoms with van der Waals surface area (Å²) in [6.45, 7) is 13.7. The van der Waals surface area contributed by atoms with E-state index in [1.54, 1.807) is 0 Å². The summed E-state index contributed by atoms with van der Waals surface area (Å²) < 4.78 is 12.7. The first-order valence-electron chi connectivity index (χ1n) is 10.7. The number of hydrogen-bond donors (Lipinski definition) is 0. The Kier molecular flexibility index (Phi) is 6.31. The number of hydrogen-bond acceptors (Lipinski definition) is 4. The summed E-state index contributed by atoms with van der Waals surface area (Å²) in [5.41, 5.74) is 1.05. The van der Waals surface area contributed by atoms with Crippen molar-refractivity contribution in [3.05, 3.63) is 35.9 Å². The number of ether oxygens (including phenoxy) is 2. The lowest BCUT2D eigenvalue weighted by Gasteiger charge is -2.63. The zero-order chi connectivity index (χ0) is 19.5. The average Bonchev–Trinajstić information content (AvgIpc) is 2.70. The van der Waals surface area contributed by atoms with Gasteiger partial charge in [-0.05, 0) is 45.1 Å². The van der Waals surface area contributed by atoms with Crippen LogP contribution in [-0.2, 0) is 20.7 Å². The van der Waals surface area contributed by atoms with Crippen molar-refractivity contribution >= 4 is 0 Å². The van der Waals surface area contributed by atoms with Crippen LogP contribution in [0.3, 0.4) is 0 Å². The Bertz CT molecular complexity index is 601. The molecule has 2 aliphatic rings. The molecule has 4 heteroatoms. The molecular formula is C23H37NO3. The van der Waals surface area contributed by atoms with E-state index in [-0.39, 0.29) is 17.0 Å². The van der Waals surface area contributed by atoms with E-state index in [2.05, 4.69) is 70.0 Å². The van der Waals surface area contributed by atoms with Crippen LogP contribution in [0.4, 0.5) is 0 Å². The summed E-state index contributed by atoms with van der Waals surface area (Å²) in [4.78, 5) is 6.53. The summed E-state index contributed by atoms with van der Waals surface area (Å²) in [5, 5.41) is 2.31. The van der Waals surface area contributed by atoms with Crippen LogP contribution in [-0.4, -0.2) is 41.7 Å². The maximum Gasteiger partial charge on any atom is 0.174 e. The molecule has 0 aliphatic carbocycles. The van der Waals surface area contributed by atoms with Crippen LogP contribution in [0.2, 0.25) is 0 Å². The normalized spacial score (nSPS) is 34.0. The van der Waals surface area contributed by atoms with Crippen molar-refractivity contribution in [1.29, 1.82) is 0 Å². The van der Waals surface area contributed by atoms with Crippen LogP contribution in [0.5, 0.6) is 0 Å². The Morgan fingerprint density at radius 3 is 2.33 bits per heavy atom. The molecule has 3 rings (SSSR count). The maximum absolute atomic E-state index is 6.53. The van der Waals surface area contributed by atoms with E-state index in [4.69, 9.17) is 14.3 Å². The van der Waals surface area contributed by atoms with Gasteiger partial charge in [-0.15, -0.1) is 0 Å². The minimum absolute atomic E-state index is 0.120. The van der Waals surface area contributed by atoms with Gasteiger partial charge in [-0.2, -0.15) is 5.06 Å². The Hall–Kier alpha value is -0.940. The van der Waals surface area contributed by atoms with Gasteiger partial charge in [0.15, 0.2) is 5.79 Å². The van der Waals surface area contributed by atoms with Gasteiger partial charge in [0.25, 0.3) is 0 Å². The van der Waals surface area contributed by atoms with E-state index in [1.165, 1.54) is 5.56 Å². The minimum Gasteiger partial charge on any atom is -0.349 e. The van der Waals surface area contributed by atoms with Crippen molar-refractivity contribution < 1.29 is 14.3 Å². The fraction of sp³-hybridized carbons (Fsp3) is 0.739. The molecule has 2 aliphatic heterocycles. The van der Waals surface area contributed by atoms with Gasteiger partial charge in [-0.25, -0.2) is 0 Å². The highest BCUT2D eigenvalue weighted by atomic mass is 16.7. The summed E-state index contributed by atoms with van der Waals surface area (Å²) in [6.07, 6.45) is 4.73. The molecule has 4 nitrogen and oxygen atoms in total. The highest BCUT2D eigenvalue weighted by Gasteiger charge is 2.62. The zero-order valence-electron chi connectivity index (χ0n) is 17.8. The molecule has 0 amide bonds. The molecule has 0 radical (unpaired) electrons. The van der Waals surface area contributed by atoms with Crippen molar-refractivity contribution in [2.75, 3.05) is 19.8 Å². The molecular weight excluding hydrogens is 338 g/mol. The first kappa shape index (κ1) is 20.8. The fourth-order valence-corrected chi connectivity index (χ4v) is 4.89. The van der Waals surface area contributed by atoms with E-state index < -0.39 is 5.79 Å². The Labute approximate surface area is 165 Å². The molecule has 0 saturated carbocycles. The van der Waals surface area contributed by atoms with Crippen LogP contribution in [0.15, 0.2) is 30.3 Å². The first-order valence-corrected chi connectivity index (χ1v) is 10.7. The smallest absolute Gasteiger partial charge is 0.174 e. The van der Waals surface area contributed by atoms with Gasteiger partial charge >= 0.3 is 0 Å². The van der Waals surface area contributed by atoms with E-state index >= 15 is 0 Å². The first-order chi connectivity index (χ1) is 12.9. The molecule has 1 aromatic rings. The molecule has 27 heavy (non-hydrogen) atoms. The maximum atomic E-state index is 6.53. The third-order valence-corrected chi connectivity index (χ3v) is 7.09. The van der Waals surface area contributed by atoms with E-state index in [9.17, 15) is 0 Å². The lowest BCUT2D eigenvalue weighted by Crippen LogP contribution is -2.73. The number of rotatable bonds is 6. The second-order valence-electron chi connectivity index (χ2n) is 8.69. The lowest BCUT2D eigenvalue weighted by molar-refractivity contribution is -0.397. The van der Waals surface area contributed by atoms with Crippen molar-refractivity contribution in [2.45, 2.75) is 83.6 Å². The molecule has 2 saturated heterocycles. The summed E-state index contributed by atoms with van der Waals surface area (Å²) in [5.74, 6) is -0.265. The minimum atomic E-state index is -0.493. The monoisotopic (exact) mass is 375 g/mol. The summed E-state index contributed by atoms with van der Waals surface area (Å²) >= 11 is 0. The van der Waals surface area contributed by atoms with Crippen LogP contribution in [0, 0.1) is 5.92 Å². The van der Waals surface area contributed by atoms with E-state index in [0.29, 0.717) is 6.61 Å². The Balaban J connectivity index is 1.82. The van der Waals surface area contributed by atoms with Crippen molar-refractivity contribution in [1.82, 2.24) is 5.06 Å². The molecule has 3 atom stereocenters. The molecule has 1 spiro atoms. The predicted octanol–water partition coefficient (Wildman–Crippen LogP) is 4.97. The Morgan fingerprint density at radius 1 is 1.07 bits per heavy atom. The van der Waals surface area contributed by atoms with Gasteiger partial charge in [0, 0.05) is 17.9 Å². The molecule has 2 fully saturated rings. The third-order valence-electron chi connectivity index (χ3n) is 7.09. The lowest BCUT2D eigenvalue weighted by atomic mass is 9.67. The molecule has 3 unspecified atom stereocenters. The highest BCUT2D eigenvalue weighted by molar-refractivity contribution is 5.14. The topological polar surface area (TPSA) is 30.9 Å². The highest BCUT2D eigenvalue weighted by Crippen LogP contribution is 2.53. The van der Waals surface area contributed by atoms with E-state index in [0.717, 1.165) is 45.3 Å². The fourth-order valence-electron chi connectivity index (χ4n) is 4.89. The van der Waals surface area contributed by atoms with Gasteiger partial charge in [-0.1, -0.05) is 51.1 Å². The van der Waals surface area contributed by atoms with Crippen molar-refractivity contribution in [3.63, 3.8) is 0 Å². The van der Waals surface area contributed by atoms with Crippen LogP contribution in [0.1, 0.15) is 65.9 Å². The SMILES string of the molecule is CCC1(C)CC2(OCCCO2)C(C)C(C)(CC)N1OCCc1ccccc1. The van der Waals surface area contributed by atoms with E-state index in [1.807, 2.05) is 0 Å². The van der Waals surface area contributed by atoms with Gasteiger partial charge < -0.3 is 9.47 Å². The molecule has 0 bridgehead atoms. The van der Waals surface area contributed by atoms with Gasteiger partial charge in [0.2, 0.25) is 0 Å². The number of benzene rings is 1. The summed E-state index contributed by atoms with van der Waals surface area (Å²) in [6, 6.07) is 10.6. The van der Waals surface area contributed by atoms with Crippen LogP contribution in [0.25, 0.3) is 0 Å². The second-order valence-corrected chi connectivity index (χ2v) is 8.69. The van der Waals surface area contributed by atoms with Gasteiger partial charge in [-0.3, -0.25) is 4.84 Å². The quantitative estimate of drug-likeness (QED) is 0.702. The molecule has 0 aromatic heterocycles. The van der Waals surface area contributed by atoms with Crippen molar-refractivity contribution in [3.8, 4) is 0 Å². The standard InChI is InChI=1S/C23H37NO3/c1-6-21(4)18-23(25-15-11-16-26-23)19(3)22(5,7-2)24(21)27-17-14-20-12-9-8-10-13-20/h8-10,12-13,19H,6-7,11,14-18H2,1-5H3. The van der Waals surface area contributed by atoms with Gasteiger partial charge in [0.1, 0.15) is 0 Å².